The highest BCUT2D eigenvalue weighted by Crippen LogP contribution is 2.30. The Labute approximate surface area is 127 Å². The number of piperidine rings is 1. The molecule has 3 rings (SSSR count). The molecule has 3 heterocycles. The van der Waals surface area contributed by atoms with Crippen LogP contribution >= 0.6 is 0 Å². The number of hydrogen-bond acceptors (Lipinski definition) is 2. The van der Waals surface area contributed by atoms with Gasteiger partial charge in [0.05, 0.1) is 0 Å². The van der Waals surface area contributed by atoms with Gasteiger partial charge in [0.15, 0.2) is 0 Å². The lowest BCUT2D eigenvalue weighted by molar-refractivity contribution is 0.0607. The second kappa shape index (κ2) is 5.84. The second-order valence-electron chi connectivity index (χ2n) is 6.68. The molecule has 1 N–H and O–H groups in total. The lowest BCUT2D eigenvalue weighted by atomic mass is 9.97. The van der Waals surface area contributed by atoms with Gasteiger partial charge in [-0.1, -0.05) is 6.92 Å². The zero-order valence-corrected chi connectivity index (χ0v) is 13.4. The summed E-state index contributed by atoms with van der Waals surface area (Å²) in [5.41, 5.74) is 1.96. The summed E-state index contributed by atoms with van der Waals surface area (Å²) in [5.74, 6) is 0.207. The molecule has 116 valence electrons. The van der Waals surface area contributed by atoms with E-state index in [0.717, 1.165) is 37.2 Å². The Morgan fingerprint density at radius 1 is 1.33 bits per heavy atom. The Kier molecular flexibility index (Phi) is 4.07. The van der Waals surface area contributed by atoms with E-state index in [9.17, 15) is 4.79 Å². The molecule has 2 aliphatic rings. The molecule has 0 aromatic carbocycles. The van der Waals surface area contributed by atoms with E-state index < -0.39 is 0 Å². The quantitative estimate of drug-likeness (QED) is 0.924. The van der Waals surface area contributed by atoms with E-state index in [0.29, 0.717) is 18.1 Å². The van der Waals surface area contributed by atoms with Crippen LogP contribution in [0.5, 0.6) is 0 Å². The minimum Gasteiger partial charge on any atom is -0.344 e. The van der Waals surface area contributed by atoms with Gasteiger partial charge in [-0.3, -0.25) is 4.79 Å². The van der Waals surface area contributed by atoms with Crippen LogP contribution in [0.3, 0.4) is 0 Å². The summed E-state index contributed by atoms with van der Waals surface area (Å²) < 4.78 is 2.01. The first-order valence-corrected chi connectivity index (χ1v) is 8.29. The highest BCUT2D eigenvalue weighted by molar-refractivity contribution is 5.93. The standard InChI is InChI=1S/C17H27N3O/c1-4-9-20(15-10-13-6-7-14(11-15)18-13)17(21)16-8-5-12(2)19(16)3/h5,8,13-15,18H,4,6-7,9-11H2,1-3H3. The highest BCUT2D eigenvalue weighted by atomic mass is 16.2. The summed E-state index contributed by atoms with van der Waals surface area (Å²) in [5, 5.41) is 3.67. The van der Waals surface area contributed by atoms with Crippen LogP contribution in [0.15, 0.2) is 12.1 Å². The van der Waals surface area contributed by atoms with Gasteiger partial charge in [0.25, 0.3) is 5.91 Å². The number of carbonyl (C=O) groups excluding carboxylic acids is 1. The van der Waals surface area contributed by atoms with Crippen molar-refractivity contribution in [2.75, 3.05) is 6.54 Å². The van der Waals surface area contributed by atoms with Gasteiger partial charge in [-0.05, 0) is 51.2 Å². The van der Waals surface area contributed by atoms with Crippen molar-refractivity contribution < 1.29 is 4.79 Å². The molecule has 4 nitrogen and oxygen atoms in total. The first kappa shape index (κ1) is 14.6. The van der Waals surface area contributed by atoms with Gasteiger partial charge in [-0.2, -0.15) is 0 Å². The monoisotopic (exact) mass is 289 g/mol. The summed E-state index contributed by atoms with van der Waals surface area (Å²) in [6.07, 6.45) is 5.81. The van der Waals surface area contributed by atoms with Crippen LogP contribution < -0.4 is 5.32 Å². The van der Waals surface area contributed by atoms with Crippen LogP contribution in [-0.4, -0.2) is 40.0 Å². The third-order valence-corrected chi connectivity index (χ3v) is 5.21. The van der Waals surface area contributed by atoms with Gasteiger partial charge in [-0.25, -0.2) is 0 Å². The van der Waals surface area contributed by atoms with Crippen molar-refractivity contribution in [3.8, 4) is 0 Å². The van der Waals surface area contributed by atoms with E-state index >= 15 is 0 Å². The Bertz CT molecular complexity index is 510. The fourth-order valence-corrected chi connectivity index (χ4v) is 3.95. The molecule has 2 saturated heterocycles. The van der Waals surface area contributed by atoms with E-state index in [1.54, 1.807) is 0 Å². The number of nitrogens with zero attached hydrogens (tertiary/aromatic N) is 2. The largest absolute Gasteiger partial charge is 0.344 e. The van der Waals surface area contributed by atoms with Crippen LogP contribution in [0.4, 0.5) is 0 Å². The van der Waals surface area contributed by atoms with Crippen molar-refractivity contribution >= 4 is 5.91 Å². The summed E-state index contributed by atoms with van der Waals surface area (Å²) in [6.45, 7) is 5.07. The van der Waals surface area contributed by atoms with E-state index in [1.807, 2.05) is 30.7 Å². The molecule has 0 saturated carbocycles. The number of fused-ring (bicyclic) bond motifs is 2. The van der Waals surface area contributed by atoms with Crippen molar-refractivity contribution in [2.24, 2.45) is 7.05 Å². The van der Waals surface area contributed by atoms with Gasteiger partial charge in [0.2, 0.25) is 0 Å². The number of amides is 1. The number of aryl methyl sites for hydroxylation is 1. The zero-order valence-electron chi connectivity index (χ0n) is 13.4. The Balaban J connectivity index is 1.80. The van der Waals surface area contributed by atoms with Gasteiger partial charge in [0, 0.05) is 37.4 Å². The smallest absolute Gasteiger partial charge is 0.270 e. The lowest BCUT2D eigenvalue weighted by Crippen LogP contribution is -2.50. The molecule has 2 aliphatic heterocycles. The van der Waals surface area contributed by atoms with Crippen molar-refractivity contribution in [2.45, 2.75) is 64.1 Å². The van der Waals surface area contributed by atoms with Crippen LogP contribution in [0, 0.1) is 6.92 Å². The van der Waals surface area contributed by atoms with Crippen LogP contribution in [0.1, 0.15) is 55.2 Å². The number of hydrogen-bond donors (Lipinski definition) is 1. The van der Waals surface area contributed by atoms with Crippen molar-refractivity contribution in [3.63, 3.8) is 0 Å². The van der Waals surface area contributed by atoms with Gasteiger partial charge in [-0.15, -0.1) is 0 Å². The number of carbonyl (C=O) groups is 1. The lowest BCUT2D eigenvalue weighted by Gasteiger charge is -2.38. The molecule has 2 fully saturated rings. The molecular weight excluding hydrogens is 262 g/mol. The summed E-state index contributed by atoms with van der Waals surface area (Å²) >= 11 is 0. The van der Waals surface area contributed by atoms with E-state index in [1.165, 1.54) is 12.8 Å². The fourth-order valence-electron chi connectivity index (χ4n) is 3.95. The molecule has 21 heavy (non-hydrogen) atoms. The molecular formula is C17H27N3O. The molecule has 0 spiro atoms. The molecule has 1 aromatic heterocycles. The van der Waals surface area contributed by atoms with Gasteiger partial charge >= 0.3 is 0 Å². The summed E-state index contributed by atoms with van der Waals surface area (Å²) in [4.78, 5) is 15.1. The summed E-state index contributed by atoms with van der Waals surface area (Å²) in [7, 11) is 1.98. The van der Waals surface area contributed by atoms with E-state index in [-0.39, 0.29) is 5.91 Å². The molecule has 2 atom stereocenters. The molecule has 2 bridgehead atoms. The van der Waals surface area contributed by atoms with Crippen LogP contribution in [0.2, 0.25) is 0 Å². The first-order valence-electron chi connectivity index (χ1n) is 8.29. The normalized spacial score (nSPS) is 27.9. The van der Waals surface area contributed by atoms with Gasteiger partial charge in [0.1, 0.15) is 5.69 Å². The maximum Gasteiger partial charge on any atom is 0.270 e. The van der Waals surface area contributed by atoms with Crippen LogP contribution in [-0.2, 0) is 7.05 Å². The van der Waals surface area contributed by atoms with Crippen molar-refractivity contribution in [1.29, 1.82) is 0 Å². The zero-order chi connectivity index (χ0) is 15.0. The molecule has 4 heteroatoms. The Hall–Kier alpha value is -1.29. The number of nitrogens with one attached hydrogen (secondary N) is 1. The van der Waals surface area contributed by atoms with Crippen LogP contribution in [0.25, 0.3) is 0 Å². The maximum atomic E-state index is 13.0. The van der Waals surface area contributed by atoms with E-state index in [2.05, 4.69) is 17.1 Å². The summed E-state index contributed by atoms with van der Waals surface area (Å²) in [6, 6.07) is 5.65. The predicted octanol–water partition coefficient (Wildman–Crippen LogP) is 2.47. The minimum atomic E-state index is 0.207. The van der Waals surface area contributed by atoms with E-state index in [4.69, 9.17) is 0 Å². The predicted molar refractivity (Wildman–Crippen MR) is 84.4 cm³/mol. The molecule has 2 unspecified atom stereocenters. The molecule has 1 aromatic rings. The topological polar surface area (TPSA) is 37.3 Å². The van der Waals surface area contributed by atoms with Gasteiger partial charge < -0.3 is 14.8 Å². The SMILES string of the molecule is CCCN(C(=O)c1ccc(C)n1C)C1CC2CCC(C1)N2. The van der Waals surface area contributed by atoms with Crippen molar-refractivity contribution in [3.05, 3.63) is 23.5 Å². The van der Waals surface area contributed by atoms with Crippen molar-refractivity contribution in [1.82, 2.24) is 14.8 Å². The fraction of sp³-hybridized carbons (Fsp3) is 0.706. The molecule has 0 aliphatic carbocycles. The number of aromatic nitrogens is 1. The third kappa shape index (κ3) is 2.73. The first-order chi connectivity index (χ1) is 10.1. The highest BCUT2D eigenvalue weighted by Gasteiger charge is 2.37. The second-order valence-corrected chi connectivity index (χ2v) is 6.68. The average molecular weight is 289 g/mol. The number of rotatable bonds is 4. The Morgan fingerprint density at radius 3 is 2.52 bits per heavy atom. The molecule has 1 amide bonds. The third-order valence-electron chi connectivity index (χ3n) is 5.21. The minimum absolute atomic E-state index is 0.207. The Morgan fingerprint density at radius 2 is 2.00 bits per heavy atom. The maximum absolute atomic E-state index is 13.0. The average Bonchev–Trinajstić information content (AvgIpc) is 2.98. The molecule has 0 radical (unpaired) electrons.